The van der Waals surface area contributed by atoms with Crippen LogP contribution in [0.3, 0.4) is 0 Å². The topological polar surface area (TPSA) is 71.1 Å². The molecule has 2 aromatic carbocycles. The van der Waals surface area contributed by atoms with Crippen LogP contribution in [-0.4, -0.2) is 51.8 Å². The maximum Gasteiger partial charge on any atom is 0.244 e. The summed E-state index contributed by atoms with van der Waals surface area (Å²) >= 11 is 0. The number of anilines is 3. The van der Waals surface area contributed by atoms with Gasteiger partial charge in [0.1, 0.15) is 12.3 Å². The van der Waals surface area contributed by atoms with Gasteiger partial charge in [-0.05, 0) is 24.3 Å². The highest BCUT2D eigenvalue weighted by molar-refractivity contribution is 6.04. The summed E-state index contributed by atoms with van der Waals surface area (Å²) in [7, 11) is 1.55. The van der Waals surface area contributed by atoms with Crippen LogP contribution in [0.25, 0.3) is 0 Å². The van der Waals surface area contributed by atoms with Crippen LogP contribution in [0, 0.1) is 0 Å². The summed E-state index contributed by atoms with van der Waals surface area (Å²) in [6.45, 7) is 4.15. The normalized spacial score (nSPS) is 13.7. The number of methoxy groups -OCH3 is 1. The number of ether oxygens (including phenoxy) is 2. The second-order valence-electron chi connectivity index (χ2n) is 6.44. The number of morpholine rings is 1. The number of nitrogens with zero attached hydrogens (tertiary/aromatic N) is 2. The molecule has 3 rings (SSSR count). The van der Waals surface area contributed by atoms with Crippen LogP contribution >= 0.6 is 0 Å². The van der Waals surface area contributed by atoms with Crippen molar-refractivity contribution in [3.63, 3.8) is 0 Å². The van der Waals surface area contributed by atoms with E-state index in [0.717, 1.165) is 18.8 Å². The van der Waals surface area contributed by atoms with Crippen LogP contribution in [0.1, 0.15) is 6.92 Å². The summed E-state index contributed by atoms with van der Waals surface area (Å²) in [4.78, 5) is 28.7. The molecule has 1 fully saturated rings. The number of hydrogen-bond acceptors (Lipinski definition) is 5. The first kappa shape index (κ1) is 19.7. The molecule has 1 aliphatic rings. The Bertz CT molecular complexity index is 834. The maximum absolute atomic E-state index is 12.7. The first-order valence-corrected chi connectivity index (χ1v) is 9.23. The van der Waals surface area contributed by atoms with Gasteiger partial charge in [0, 0.05) is 20.0 Å². The highest BCUT2D eigenvalue weighted by atomic mass is 16.5. The average molecular weight is 383 g/mol. The third-order valence-electron chi connectivity index (χ3n) is 4.59. The SMILES string of the molecule is COc1ccccc1NC(=O)CN(C(C)=O)c1ccccc1N1CCOCC1. The largest absolute Gasteiger partial charge is 0.495 e. The monoisotopic (exact) mass is 383 g/mol. The van der Waals surface area contributed by atoms with Gasteiger partial charge in [-0.3, -0.25) is 9.59 Å². The molecule has 1 aliphatic heterocycles. The summed E-state index contributed by atoms with van der Waals surface area (Å²) in [5, 5.41) is 2.82. The zero-order valence-corrected chi connectivity index (χ0v) is 16.2. The molecule has 0 radical (unpaired) electrons. The highest BCUT2D eigenvalue weighted by Crippen LogP contribution is 2.30. The van der Waals surface area contributed by atoms with E-state index in [0.29, 0.717) is 30.3 Å². The van der Waals surface area contributed by atoms with Crippen LogP contribution in [0.5, 0.6) is 5.75 Å². The van der Waals surface area contributed by atoms with Crippen molar-refractivity contribution in [1.29, 1.82) is 0 Å². The molecule has 28 heavy (non-hydrogen) atoms. The second kappa shape index (κ2) is 9.23. The molecule has 2 aromatic rings. The van der Waals surface area contributed by atoms with Crippen LogP contribution in [0.4, 0.5) is 17.1 Å². The summed E-state index contributed by atoms with van der Waals surface area (Å²) < 4.78 is 10.7. The van der Waals surface area contributed by atoms with E-state index in [1.54, 1.807) is 19.2 Å². The van der Waals surface area contributed by atoms with Gasteiger partial charge in [-0.1, -0.05) is 24.3 Å². The lowest BCUT2D eigenvalue weighted by molar-refractivity contribution is -0.120. The molecule has 2 amide bonds. The van der Waals surface area contributed by atoms with Crippen molar-refractivity contribution in [2.45, 2.75) is 6.92 Å². The number of rotatable bonds is 6. The Morgan fingerprint density at radius 1 is 1.11 bits per heavy atom. The van der Waals surface area contributed by atoms with E-state index in [4.69, 9.17) is 9.47 Å². The summed E-state index contributed by atoms with van der Waals surface area (Å²) in [6, 6.07) is 14.8. The lowest BCUT2D eigenvalue weighted by atomic mass is 10.2. The molecular weight excluding hydrogens is 358 g/mol. The van der Waals surface area contributed by atoms with Crippen molar-refractivity contribution in [3.8, 4) is 5.75 Å². The first-order valence-electron chi connectivity index (χ1n) is 9.23. The number of para-hydroxylation sites is 4. The van der Waals surface area contributed by atoms with Crippen LogP contribution in [0.2, 0.25) is 0 Å². The highest BCUT2D eigenvalue weighted by Gasteiger charge is 2.22. The van der Waals surface area contributed by atoms with Gasteiger partial charge in [0.15, 0.2) is 0 Å². The van der Waals surface area contributed by atoms with E-state index in [9.17, 15) is 9.59 Å². The molecule has 7 heteroatoms. The van der Waals surface area contributed by atoms with E-state index in [1.807, 2.05) is 36.4 Å². The lowest BCUT2D eigenvalue weighted by Crippen LogP contribution is -2.40. The third-order valence-corrected chi connectivity index (χ3v) is 4.59. The van der Waals surface area contributed by atoms with E-state index < -0.39 is 0 Å². The fourth-order valence-electron chi connectivity index (χ4n) is 3.21. The smallest absolute Gasteiger partial charge is 0.244 e. The zero-order valence-electron chi connectivity index (χ0n) is 16.2. The Labute approximate surface area is 164 Å². The number of hydrogen-bond donors (Lipinski definition) is 1. The van der Waals surface area contributed by atoms with Gasteiger partial charge in [0.2, 0.25) is 11.8 Å². The zero-order chi connectivity index (χ0) is 19.9. The van der Waals surface area contributed by atoms with Gasteiger partial charge in [-0.25, -0.2) is 0 Å². The molecule has 0 bridgehead atoms. The standard InChI is InChI=1S/C21H25N3O4/c1-16(25)24(15-21(26)22-17-7-3-6-10-20(17)27-2)19-9-5-4-8-18(19)23-11-13-28-14-12-23/h3-10H,11-15H2,1-2H3,(H,22,26). The number of benzene rings is 2. The van der Waals surface area contributed by atoms with Crippen LogP contribution in [-0.2, 0) is 14.3 Å². The molecule has 1 N–H and O–H groups in total. The van der Waals surface area contributed by atoms with E-state index >= 15 is 0 Å². The molecule has 148 valence electrons. The Kier molecular flexibility index (Phi) is 6.49. The van der Waals surface area contributed by atoms with E-state index in [2.05, 4.69) is 10.2 Å². The first-order chi connectivity index (χ1) is 13.6. The van der Waals surface area contributed by atoms with Crippen molar-refractivity contribution in [3.05, 3.63) is 48.5 Å². The summed E-state index contributed by atoms with van der Waals surface area (Å²) in [6.07, 6.45) is 0. The number of amides is 2. The van der Waals surface area contributed by atoms with Gasteiger partial charge in [-0.15, -0.1) is 0 Å². The van der Waals surface area contributed by atoms with Crippen molar-refractivity contribution in [2.75, 3.05) is 55.1 Å². The Hall–Kier alpha value is -3.06. The Morgan fingerprint density at radius 2 is 1.79 bits per heavy atom. The molecule has 0 aliphatic carbocycles. The van der Waals surface area contributed by atoms with Crippen molar-refractivity contribution in [2.24, 2.45) is 0 Å². The summed E-state index contributed by atoms with van der Waals surface area (Å²) in [5.74, 6) is 0.0753. The van der Waals surface area contributed by atoms with E-state index in [-0.39, 0.29) is 18.4 Å². The fourth-order valence-corrected chi connectivity index (χ4v) is 3.21. The predicted molar refractivity (Wildman–Crippen MR) is 109 cm³/mol. The van der Waals surface area contributed by atoms with Gasteiger partial charge < -0.3 is 24.6 Å². The van der Waals surface area contributed by atoms with Gasteiger partial charge in [-0.2, -0.15) is 0 Å². The van der Waals surface area contributed by atoms with Gasteiger partial charge >= 0.3 is 0 Å². The van der Waals surface area contributed by atoms with Gasteiger partial charge in [0.05, 0.1) is 37.4 Å². The van der Waals surface area contributed by atoms with Crippen LogP contribution < -0.4 is 19.9 Å². The van der Waals surface area contributed by atoms with Crippen molar-refractivity contribution >= 4 is 28.9 Å². The molecule has 0 saturated carbocycles. The fraction of sp³-hybridized carbons (Fsp3) is 0.333. The number of carbonyl (C=O) groups is 2. The Balaban J connectivity index is 1.80. The molecule has 7 nitrogen and oxygen atoms in total. The number of carbonyl (C=O) groups excluding carboxylic acids is 2. The van der Waals surface area contributed by atoms with Crippen molar-refractivity contribution in [1.82, 2.24) is 0 Å². The minimum absolute atomic E-state index is 0.0886. The minimum Gasteiger partial charge on any atom is -0.495 e. The Morgan fingerprint density at radius 3 is 2.50 bits per heavy atom. The maximum atomic E-state index is 12.7. The number of nitrogens with one attached hydrogen (secondary N) is 1. The molecular formula is C21H25N3O4. The summed E-state index contributed by atoms with van der Waals surface area (Å²) in [5.41, 5.74) is 2.21. The van der Waals surface area contributed by atoms with E-state index in [1.165, 1.54) is 11.8 Å². The molecule has 1 heterocycles. The lowest BCUT2D eigenvalue weighted by Gasteiger charge is -2.33. The minimum atomic E-state index is -0.295. The van der Waals surface area contributed by atoms with Gasteiger partial charge in [0.25, 0.3) is 0 Å². The molecule has 0 aromatic heterocycles. The predicted octanol–water partition coefficient (Wildman–Crippen LogP) is 2.52. The van der Waals surface area contributed by atoms with Crippen LogP contribution in [0.15, 0.2) is 48.5 Å². The average Bonchev–Trinajstić information content (AvgIpc) is 2.73. The molecule has 1 saturated heterocycles. The third kappa shape index (κ3) is 4.61. The molecule has 0 spiro atoms. The van der Waals surface area contributed by atoms with Crippen molar-refractivity contribution < 1.29 is 19.1 Å². The molecule has 0 atom stereocenters. The molecule has 0 unspecified atom stereocenters. The quantitative estimate of drug-likeness (QED) is 0.830. The second-order valence-corrected chi connectivity index (χ2v) is 6.44.